The molecule has 0 aliphatic carbocycles. The van der Waals surface area contributed by atoms with Gasteiger partial charge >= 0.3 is 0 Å². The molecule has 0 aromatic heterocycles. The van der Waals surface area contributed by atoms with Gasteiger partial charge in [0.25, 0.3) is 0 Å². The standard InChI is InChI=1S/C7H16S2/c1-3-5-8-7-9-6-4-2/h3-7H2,1-2H3. The summed E-state index contributed by atoms with van der Waals surface area (Å²) in [5, 5.41) is 1.29. The van der Waals surface area contributed by atoms with Crippen molar-refractivity contribution in [3.8, 4) is 0 Å². The summed E-state index contributed by atoms with van der Waals surface area (Å²) in [7, 11) is 0. The van der Waals surface area contributed by atoms with Crippen LogP contribution in [0.2, 0.25) is 0 Å². The zero-order chi connectivity index (χ0) is 6.95. The van der Waals surface area contributed by atoms with Crippen LogP contribution in [0.1, 0.15) is 26.7 Å². The lowest BCUT2D eigenvalue weighted by Crippen LogP contribution is -1.78. The van der Waals surface area contributed by atoms with E-state index in [1.165, 1.54) is 29.4 Å². The highest BCUT2D eigenvalue weighted by Gasteiger charge is 1.85. The van der Waals surface area contributed by atoms with Gasteiger partial charge in [-0.3, -0.25) is 0 Å². The van der Waals surface area contributed by atoms with Gasteiger partial charge in [-0.05, 0) is 24.3 Å². The molecule has 56 valence electrons. The Morgan fingerprint density at radius 2 is 1.33 bits per heavy atom. The Kier molecular flexibility index (Phi) is 9.38. The summed E-state index contributed by atoms with van der Waals surface area (Å²) in [6, 6.07) is 0. The van der Waals surface area contributed by atoms with Gasteiger partial charge in [-0.1, -0.05) is 13.8 Å². The molecule has 0 bridgehead atoms. The summed E-state index contributed by atoms with van der Waals surface area (Å²) >= 11 is 4.11. The first-order valence-electron chi connectivity index (χ1n) is 3.57. The van der Waals surface area contributed by atoms with Crippen LogP contribution in [0, 0.1) is 0 Å². The zero-order valence-electron chi connectivity index (χ0n) is 6.35. The minimum atomic E-state index is 1.29. The molecule has 2 heteroatoms. The molecule has 0 spiro atoms. The SMILES string of the molecule is CCCSCSCCC. The zero-order valence-corrected chi connectivity index (χ0v) is 7.99. The van der Waals surface area contributed by atoms with Crippen molar-refractivity contribution < 1.29 is 0 Å². The molecule has 0 atom stereocenters. The minimum absolute atomic E-state index is 1.29. The van der Waals surface area contributed by atoms with Crippen LogP contribution in [-0.4, -0.2) is 16.6 Å². The molecular weight excluding hydrogens is 148 g/mol. The van der Waals surface area contributed by atoms with Crippen molar-refractivity contribution in [2.45, 2.75) is 26.7 Å². The van der Waals surface area contributed by atoms with Crippen molar-refractivity contribution in [1.29, 1.82) is 0 Å². The van der Waals surface area contributed by atoms with Gasteiger partial charge in [0.15, 0.2) is 0 Å². The Labute approximate surface area is 67.2 Å². The van der Waals surface area contributed by atoms with E-state index in [1.807, 2.05) is 0 Å². The third kappa shape index (κ3) is 8.70. The van der Waals surface area contributed by atoms with E-state index in [2.05, 4.69) is 37.4 Å². The van der Waals surface area contributed by atoms with Crippen molar-refractivity contribution in [2.75, 3.05) is 16.6 Å². The van der Waals surface area contributed by atoms with Crippen molar-refractivity contribution in [3.05, 3.63) is 0 Å². The normalized spacial score (nSPS) is 10.0. The third-order valence-corrected chi connectivity index (χ3v) is 3.59. The van der Waals surface area contributed by atoms with Crippen molar-refractivity contribution in [2.24, 2.45) is 0 Å². The molecule has 0 amide bonds. The summed E-state index contributed by atoms with van der Waals surface area (Å²) in [5.41, 5.74) is 0. The summed E-state index contributed by atoms with van der Waals surface area (Å²) < 4.78 is 0. The lowest BCUT2D eigenvalue weighted by molar-refractivity contribution is 1.10. The number of rotatable bonds is 6. The van der Waals surface area contributed by atoms with E-state index in [1.54, 1.807) is 0 Å². The molecule has 0 fully saturated rings. The van der Waals surface area contributed by atoms with Crippen LogP contribution >= 0.6 is 23.5 Å². The van der Waals surface area contributed by atoms with Gasteiger partial charge in [0.2, 0.25) is 0 Å². The molecule has 0 rings (SSSR count). The van der Waals surface area contributed by atoms with Crippen LogP contribution in [-0.2, 0) is 0 Å². The monoisotopic (exact) mass is 164 g/mol. The largest absolute Gasteiger partial charge is 0.151 e. The van der Waals surface area contributed by atoms with Gasteiger partial charge < -0.3 is 0 Å². The van der Waals surface area contributed by atoms with Crippen LogP contribution in [0.4, 0.5) is 0 Å². The predicted molar refractivity (Wildman–Crippen MR) is 50.4 cm³/mol. The maximum Gasteiger partial charge on any atom is 0.0392 e. The fourth-order valence-corrected chi connectivity index (χ4v) is 2.46. The molecule has 0 aromatic rings. The topological polar surface area (TPSA) is 0 Å². The van der Waals surface area contributed by atoms with Gasteiger partial charge in [-0.25, -0.2) is 0 Å². The molecule has 0 aliphatic heterocycles. The first-order valence-corrected chi connectivity index (χ1v) is 5.88. The van der Waals surface area contributed by atoms with Crippen LogP contribution in [0.25, 0.3) is 0 Å². The highest BCUT2D eigenvalue weighted by molar-refractivity contribution is 8.15. The van der Waals surface area contributed by atoms with Crippen LogP contribution in [0.15, 0.2) is 0 Å². The molecular formula is C7H16S2. The van der Waals surface area contributed by atoms with Gasteiger partial charge in [0.05, 0.1) is 0 Å². The Hall–Kier alpha value is 0.700. The van der Waals surface area contributed by atoms with Crippen LogP contribution < -0.4 is 0 Å². The maximum absolute atomic E-state index is 2.23. The van der Waals surface area contributed by atoms with Gasteiger partial charge in [-0.2, -0.15) is 23.5 Å². The second-order valence-electron chi connectivity index (χ2n) is 1.93. The van der Waals surface area contributed by atoms with Crippen molar-refractivity contribution >= 4 is 23.5 Å². The van der Waals surface area contributed by atoms with E-state index in [4.69, 9.17) is 0 Å². The molecule has 0 aromatic carbocycles. The lowest BCUT2D eigenvalue weighted by Gasteiger charge is -1.96. The molecule has 0 nitrogen and oxygen atoms in total. The predicted octanol–water partition coefficient (Wildman–Crippen LogP) is 3.23. The number of thioether (sulfide) groups is 2. The summed E-state index contributed by atoms with van der Waals surface area (Å²) in [6.07, 6.45) is 2.63. The molecule has 0 heterocycles. The molecule has 0 saturated carbocycles. The Morgan fingerprint density at radius 1 is 0.889 bits per heavy atom. The number of hydrogen-bond acceptors (Lipinski definition) is 2. The molecule has 0 N–H and O–H groups in total. The van der Waals surface area contributed by atoms with Crippen molar-refractivity contribution in [1.82, 2.24) is 0 Å². The first-order chi connectivity index (χ1) is 4.41. The average Bonchev–Trinajstić information content (AvgIpc) is 1.89. The van der Waals surface area contributed by atoms with E-state index in [-0.39, 0.29) is 0 Å². The molecule has 0 aliphatic rings. The lowest BCUT2D eigenvalue weighted by atomic mass is 10.6. The smallest absolute Gasteiger partial charge is 0.0392 e. The first kappa shape index (κ1) is 9.70. The molecule has 0 unspecified atom stereocenters. The average molecular weight is 164 g/mol. The van der Waals surface area contributed by atoms with E-state index in [0.29, 0.717) is 0 Å². The van der Waals surface area contributed by atoms with E-state index in [0.717, 1.165) is 0 Å². The minimum Gasteiger partial charge on any atom is -0.151 e. The van der Waals surface area contributed by atoms with E-state index < -0.39 is 0 Å². The molecule has 0 radical (unpaired) electrons. The Balaban J connectivity index is 2.60. The van der Waals surface area contributed by atoms with Crippen LogP contribution in [0.5, 0.6) is 0 Å². The molecule has 0 saturated heterocycles. The van der Waals surface area contributed by atoms with Gasteiger partial charge in [0, 0.05) is 5.08 Å². The van der Waals surface area contributed by atoms with E-state index in [9.17, 15) is 0 Å². The fraction of sp³-hybridized carbons (Fsp3) is 1.00. The van der Waals surface area contributed by atoms with Crippen LogP contribution in [0.3, 0.4) is 0 Å². The summed E-state index contributed by atoms with van der Waals surface area (Å²) in [5.74, 6) is 2.66. The fourth-order valence-electron chi connectivity index (χ4n) is 0.465. The molecule has 9 heavy (non-hydrogen) atoms. The summed E-state index contributed by atoms with van der Waals surface area (Å²) in [6.45, 7) is 4.47. The maximum atomic E-state index is 2.23. The Bertz CT molecular complexity index is 40.2. The second-order valence-corrected chi connectivity index (χ2v) is 4.51. The quantitative estimate of drug-likeness (QED) is 0.437. The highest BCUT2D eigenvalue weighted by Crippen LogP contribution is 2.12. The summed E-state index contributed by atoms with van der Waals surface area (Å²) in [4.78, 5) is 0. The second kappa shape index (κ2) is 8.70. The van der Waals surface area contributed by atoms with Gasteiger partial charge in [0.1, 0.15) is 0 Å². The third-order valence-electron chi connectivity index (χ3n) is 0.864. The number of hydrogen-bond donors (Lipinski definition) is 0. The highest BCUT2D eigenvalue weighted by atomic mass is 32.2. The van der Waals surface area contributed by atoms with E-state index >= 15 is 0 Å². The van der Waals surface area contributed by atoms with Crippen molar-refractivity contribution in [3.63, 3.8) is 0 Å². The van der Waals surface area contributed by atoms with Gasteiger partial charge in [-0.15, -0.1) is 0 Å². The Morgan fingerprint density at radius 3 is 1.67 bits per heavy atom.